The van der Waals surface area contributed by atoms with Gasteiger partial charge in [-0.2, -0.15) is 11.8 Å². The lowest BCUT2D eigenvalue weighted by molar-refractivity contribution is 0.411. The number of rotatable bonds is 7. The molecule has 0 aliphatic carbocycles. The predicted octanol–water partition coefficient (Wildman–Crippen LogP) is 3.06. The summed E-state index contributed by atoms with van der Waals surface area (Å²) < 4.78 is 5.38. The summed E-state index contributed by atoms with van der Waals surface area (Å²) in [6, 6.07) is 6.41. The topological polar surface area (TPSA) is 21.3 Å². The van der Waals surface area contributed by atoms with E-state index in [9.17, 15) is 0 Å². The van der Waals surface area contributed by atoms with Crippen molar-refractivity contribution in [1.29, 1.82) is 0 Å². The molecule has 2 nitrogen and oxygen atoms in total. The van der Waals surface area contributed by atoms with Crippen LogP contribution >= 0.6 is 11.8 Å². The zero-order valence-corrected chi connectivity index (χ0v) is 11.2. The molecule has 0 spiro atoms. The Kier molecular flexibility index (Phi) is 6.34. The Labute approximate surface area is 103 Å². The number of ether oxygens (including phenoxy) is 1. The monoisotopic (exact) mass is 239 g/mol. The molecule has 0 bridgehead atoms. The molecule has 0 heterocycles. The molecule has 1 aromatic rings. The zero-order chi connectivity index (χ0) is 11.8. The van der Waals surface area contributed by atoms with Crippen LogP contribution in [0.3, 0.4) is 0 Å². The lowest BCUT2D eigenvalue weighted by atomic mass is 10.1. The van der Waals surface area contributed by atoms with Crippen LogP contribution < -0.4 is 10.1 Å². The van der Waals surface area contributed by atoms with Crippen molar-refractivity contribution in [3.63, 3.8) is 0 Å². The normalized spacial score (nSPS) is 10.4. The molecular formula is C13H21NOS. The van der Waals surface area contributed by atoms with E-state index in [1.165, 1.54) is 23.3 Å². The van der Waals surface area contributed by atoms with Gasteiger partial charge in [0.25, 0.3) is 0 Å². The molecule has 1 N–H and O–H groups in total. The van der Waals surface area contributed by atoms with E-state index in [-0.39, 0.29) is 0 Å². The molecule has 0 unspecified atom stereocenters. The van der Waals surface area contributed by atoms with E-state index < -0.39 is 0 Å². The number of nitrogens with one attached hydrogen (secondary N) is 1. The van der Waals surface area contributed by atoms with E-state index in [0.29, 0.717) is 0 Å². The Balaban J connectivity index is 2.72. The minimum absolute atomic E-state index is 0.912. The van der Waals surface area contributed by atoms with E-state index in [4.69, 9.17) is 4.74 Å². The van der Waals surface area contributed by atoms with Crippen molar-refractivity contribution in [2.75, 3.05) is 19.9 Å². The van der Waals surface area contributed by atoms with E-state index in [0.717, 1.165) is 18.0 Å². The standard InChI is InChI=1S/C13H21NOS/c1-4-7-16-10-12-8-11(9-14-2)5-6-13(12)15-3/h5-6,8,14H,4,7,9-10H2,1-3H3. The highest BCUT2D eigenvalue weighted by Gasteiger charge is 2.04. The lowest BCUT2D eigenvalue weighted by Crippen LogP contribution is -2.05. The first-order valence-electron chi connectivity index (χ1n) is 5.70. The molecule has 0 amide bonds. The van der Waals surface area contributed by atoms with E-state index in [1.54, 1.807) is 7.11 Å². The summed E-state index contributed by atoms with van der Waals surface area (Å²) in [6.45, 7) is 3.12. The molecule has 16 heavy (non-hydrogen) atoms. The highest BCUT2D eigenvalue weighted by Crippen LogP contribution is 2.24. The van der Waals surface area contributed by atoms with Crippen LogP contribution in [0.25, 0.3) is 0 Å². The van der Waals surface area contributed by atoms with Crippen LogP contribution in [0.4, 0.5) is 0 Å². The van der Waals surface area contributed by atoms with Gasteiger partial charge in [-0.05, 0) is 36.9 Å². The first-order valence-corrected chi connectivity index (χ1v) is 6.85. The number of hydrogen-bond donors (Lipinski definition) is 1. The largest absolute Gasteiger partial charge is 0.496 e. The molecule has 0 radical (unpaired) electrons. The maximum Gasteiger partial charge on any atom is 0.122 e. The van der Waals surface area contributed by atoms with Crippen molar-refractivity contribution < 1.29 is 4.74 Å². The van der Waals surface area contributed by atoms with Crippen LogP contribution in [0.2, 0.25) is 0 Å². The van der Waals surface area contributed by atoms with Crippen LogP contribution in [0, 0.1) is 0 Å². The van der Waals surface area contributed by atoms with Gasteiger partial charge in [-0.15, -0.1) is 0 Å². The van der Waals surface area contributed by atoms with Crippen molar-refractivity contribution in [3.05, 3.63) is 29.3 Å². The molecule has 1 aromatic carbocycles. The second-order valence-corrected chi connectivity index (χ2v) is 4.83. The Morgan fingerprint density at radius 2 is 2.19 bits per heavy atom. The van der Waals surface area contributed by atoms with Gasteiger partial charge in [-0.1, -0.05) is 13.0 Å². The summed E-state index contributed by atoms with van der Waals surface area (Å²) in [4.78, 5) is 0. The average molecular weight is 239 g/mol. The van der Waals surface area contributed by atoms with Crippen molar-refractivity contribution in [3.8, 4) is 5.75 Å². The molecule has 0 aliphatic rings. The van der Waals surface area contributed by atoms with Gasteiger partial charge < -0.3 is 10.1 Å². The number of benzene rings is 1. The maximum absolute atomic E-state index is 5.38. The molecule has 90 valence electrons. The van der Waals surface area contributed by atoms with Crippen LogP contribution in [0.1, 0.15) is 24.5 Å². The molecule has 0 aliphatic heterocycles. The molecular weight excluding hydrogens is 218 g/mol. The lowest BCUT2D eigenvalue weighted by Gasteiger charge is -2.10. The Hall–Kier alpha value is -0.670. The molecule has 0 fully saturated rings. The first kappa shape index (κ1) is 13.4. The summed E-state index contributed by atoms with van der Waals surface area (Å²) in [7, 11) is 3.71. The summed E-state index contributed by atoms with van der Waals surface area (Å²) in [6.07, 6.45) is 1.23. The number of thioether (sulfide) groups is 1. The van der Waals surface area contributed by atoms with Gasteiger partial charge in [0.05, 0.1) is 7.11 Å². The third kappa shape index (κ3) is 4.06. The zero-order valence-electron chi connectivity index (χ0n) is 10.4. The predicted molar refractivity (Wildman–Crippen MR) is 72.2 cm³/mol. The van der Waals surface area contributed by atoms with Crippen molar-refractivity contribution in [2.24, 2.45) is 0 Å². The van der Waals surface area contributed by atoms with Gasteiger partial charge >= 0.3 is 0 Å². The minimum Gasteiger partial charge on any atom is -0.496 e. The quantitative estimate of drug-likeness (QED) is 0.739. The van der Waals surface area contributed by atoms with E-state index in [2.05, 4.69) is 30.4 Å². The Morgan fingerprint density at radius 3 is 2.81 bits per heavy atom. The average Bonchev–Trinajstić information content (AvgIpc) is 2.30. The smallest absolute Gasteiger partial charge is 0.122 e. The third-order valence-corrected chi connectivity index (χ3v) is 3.54. The first-order chi connectivity index (χ1) is 7.81. The molecule has 0 saturated heterocycles. The summed E-state index contributed by atoms with van der Waals surface area (Å²) in [5, 5.41) is 3.17. The van der Waals surface area contributed by atoms with Gasteiger partial charge in [0, 0.05) is 17.9 Å². The maximum atomic E-state index is 5.38. The minimum atomic E-state index is 0.912. The van der Waals surface area contributed by atoms with Crippen molar-refractivity contribution >= 4 is 11.8 Å². The SMILES string of the molecule is CCCSCc1cc(CNC)ccc1OC. The molecule has 0 saturated carbocycles. The fourth-order valence-corrected chi connectivity index (χ4v) is 2.46. The van der Waals surface area contributed by atoms with Crippen LogP contribution in [-0.4, -0.2) is 19.9 Å². The number of methoxy groups -OCH3 is 1. The molecule has 0 atom stereocenters. The van der Waals surface area contributed by atoms with Gasteiger partial charge in [0.15, 0.2) is 0 Å². The van der Waals surface area contributed by atoms with E-state index in [1.807, 2.05) is 18.8 Å². The van der Waals surface area contributed by atoms with Gasteiger partial charge in [-0.3, -0.25) is 0 Å². The van der Waals surface area contributed by atoms with Crippen LogP contribution in [0.5, 0.6) is 5.75 Å². The highest BCUT2D eigenvalue weighted by atomic mass is 32.2. The number of hydrogen-bond acceptors (Lipinski definition) is 3. The van der Waals surface area contributed by atoms with E-state index >= 15 is 0 Å². The Morgan fingerprint density at radius 1 is 1.38 bits per heavy atom. The third-order valence-electron chi connectivity index (χ3n) is 2.33. The van der Waals surface area contributed by atoms with Gasteiger partial charge in [0.2, 0.25) is 0 Å². The molecule has 3 heteroatoms. The van der Waals surface area contributed by atoms with Crippen molar-refractivity contribution in [2.45, 2.75) is 25.6 Å². The summed E-state index contributed by atoms with van der Waals surface area (Å²) >= 11 is 1.96. The summed E-state index contributed by atoms with van der Waals surface area (Å²) in [5.74, 6) is 3.25. The summed E-state index contributed by atoms with van der Waals surface area (Å²) in [5.41, 5.74) is 2.61. The molecule has 0 aromatic heterocycles. The fourth-order valence-electron chi connectivity index (χ4n) is 1.59. The second-order valence-electron chi connectivity index (χ2n) is 3.73. The molecule has 1 rings (SSSR count). The van der Waals surface area contributed by atoms with Crippen molar-refractivity contribution in [1.82, 2.24) is 5.32 Å². The highest BCUT2D eigenvalue weighted by molar-refractivity contribution is 7.98. The van der Waals surface area contributed by atoms with Crippen LogP contribution in [-0.2, 0) is 12.3 Å². The van der Waals surface area contributed by atoms with Gasteiger partial charge in [0.1, 0.15) is 5.75 Å². The fraction of sp³-hybridized carbons (Fsp3) is 0.538. The van der Waals surface area contributed by atoms with Crippen LogP contribution in [0.15, 0.2) is 18.2 Å². The van der Waals surface area contributed by atoms with Gasteiger partial charge in [-0.25, -0.2) is 0 Å². The second kappa shape index (κ2) is 7.58. The Bertz CT molecular complexity index is 315.